The Morgan fingerprint density at radius 2 is 1.94 bits per heavy atom. The number of rotatable bonds is 2. The Bertz CT molecular complexity index is 395. The zero-order chi connectivity index (χ0) is 12.5. The van der Waals surface area contributed by atoms with E-state index in [9.17, 15) is 5.11 Å². The maximum Gasteiger partial charge on any atom is 0.0477 e. The number of likely N-dealkylation sites (N-methyl/N-ethyl adjacent to an activating group) is 1. The minimum absolute atomic E-state index is 0.302. The Kier molecular flexibility index (Phi) is 3.37. The molecule has 3 rings (SSSR count). The highest BCUT2D eigenvalue weighted by molar-refractivity contribution is 5.25. The number of piperazine rings is 1. The van der Waals surface area contributed by atoms with Crippen LogP contribution in [0.25, 0.3) is 0 Å². The number of fused-ring (bicyclic) bond motifs is 1. The SMILES string of the molecule is CN1CCN2C[C@@H](CO)[C@H](c3ccccc3)[C@H]2C1. The van der Waals surface area contributed by atoms with Crippen LogP contribution in [-0.4, -0.2) is 60.8 Å². The summed E-state index contributed by atoms with van der Waals surface area (Å²) >= 11 is 0. The molecule has 0 aromatic heterocycles. The third-order valence-electron chi connectivity index (χ3n) is 4.55. The quantitative estimate of drug-likeness (QED) is 0.843. The van der Waals surface area contributed by atoms with Crippen LogP contribution in [0.2, 0.25) is 0 Å². The van der Waals surface area contributed by atoms with Crippen LogP contribution in [0.1, 0.15) is 11.5 Å². The van der Waals surface area contributed by atoms with E-state index < -0.39 is 0 Å². The van der Waals surface area contributed by atoms with E-state index >= 15 is 0 Å². The summed E-state index contributed by atoms with van der Waals surface area (Å²) in [5.74, 6) is 0.878. The molecule has 2 aliphatic heterocycles. The largest absolute Gasteiger partial charge is 0.396 e. The molecule has 0 bridgehead atoms. The van der Waals surface area contributed by atoms with Crippen molar-refractivity contribution in [2.24, 2.45) is 5.92 Å². The van der Waals surface area contributed by atoms with E-state index in [4.69, 9.17) is 0 Å². The second kappa shape index (κ2) is 5.00. The van der Waals surface area contributed by atoms with Gasteiger partial charge in [0.2, 0.25) is 0 Å². The van der Waals surface area contributed by atoms with Crippen molar-refractivity contribution < 1.29 is 5.11 Å². The summed E-state index contributed by atoms with van der Waals surface area (Å²) in [6.45, 7) is 4.76. The average molecular weight is 246 g/mol. The molecule has 3 heteroatoms. The second-order valence-corrected chi connectivity index (χ2v) is 5.70. The first-order valence-electron chi connectivity index (χ1n) is 6.88. The highest BCUT2D eigenvalue weighted by Gasteiger charge is 2.43. The van der Waals surface area contributed by atoms with Gasteiger partial charge in [0.15, 0.2) is 0 Å². The Morgan fingerprint density at radius 3 is 2.67 bits per heavy atom. The molecule has 2 heterocycles. The van der Waals surface area contributed by atoms with Crippen molar-refractivity contribution in [2.75, 3.05) is 39.8 Å². The summed E-state index contributed by atoms with van der Waals surface area (Å²) in [5, 5.41) is 9.67. The fraction of sp³-hybridized carbons (Fsp3) is 0.600. The van der Waals surface area contributed by atoms with Crippen molar-refractivity contribution in [3.8, 4) is 0 Å². The van der Waals surface area contributed by atoms with Crippen molar-refractivity contribution in [1.29, 1.82) is 0 Å². The summed E-state index contributed by atoms with van der Waals surface area (Å²) in [5.41, 5.74) is 1.39. The predicted molar refractivity (Wildman–Crippen MR) is 72.6 cm³/mol. The highest BCUT2D eigenvalue weighted by Crippen LogP contribution is 2.39. The predicted octanol–water partition coefficient (Wildman–Crippen LogP) is 1.01. The number of benzene rings is 1. The average Bonchev–Trinajstić information content (AvgIpc) is 2.77. The summed E-state index contributed by atoms with van der Waals surface area (Å²) < 4.78 is 0. The van der Waals surface area contributed by atoms with Gasteiger partial charge < -0.3 is 10.0 Å². The zero-order valence-corrected chi connectivity index (χ0v) is 11.0. The van der Waals surface area contributed by atoms with Gasteiger partial charge in [0.05, 0.1) is 0 Å². The third-order valence-corrected chi connectivity index (χ3v) is 4.55. The molecular formula is C15H22N2O. The first-order valence-corrected chi connectivity index (χ1v) is 6.88. The molecule has 1 aromatic carbocycles. The minimum atomic E-state index is 0.302. The molecule has 2 fully saturated rings. The van der Waals surface area contributed by atoms with E-state index in [1.807, 2.05) is 0 Å². The van der Waals surface area contributed by atoms with Crippen molar-refractivity contribution in [3.63, 3.8) is 0 Å². The molecule has 1 aromatic rings. The molecule has 18 heavy (non-hydrogen) atoms. The number of hydrogen-bond donors (Lipinski definition) is 1. The minimum Gasteiger partial charge on any atom is -0.396 e. The summed E-state index contributed by atoms with van der Waals surface area (Å²) in [6.07, 6.45) is 0. The summed E-state index contributed by atoms with van der Waals surface area (Å²) in [6, 6.07) is 11.3. The first kappa shape index (κ1) is 12.2. The molecule has 2 aliphatic rings. The van der Waals surface area contributed by atoms with E-state index in [0.29, 0.717) is 24.5 Å². The van der Waals surface area contributed by atoms with E-state index in [2.05, 4.69) is 47.2 Å². The lowest BCUT2D eigenvalue weighted by molar-refractivity contribution is 0.117. The molecule has 1 N–H and O–H groups in total. The van der Waals surface area contributed by atoms with Gasteiger partial charge in [-0.2, -0.15) is 0 Å². The Morgan fingerprint density at radius 1 is 1.17 bits per heavy atom. The van der Waals surface area contributed by atoms with Crippen LogP contribution in [-0.2, 0) is 0 Å². The van der Waals surface area contributed by atoms with Crippen molar-refractivity contribution in [1.82, 2.24) is 9.80 Å². The molecule has 0 aliphatic carbocycles. The van der Waals surface area contributed by atoms with Gasteiger partial charge in [-0.25, -0.2) is 0 Å². The fourth-order valence-corrected chi connectivity index (χ4v) is 3.63. The van der Waals surface area contributed by atoms with Gasteiger partial charge >= 0.3 is 0 Å². The smallest absolute Gasteiger partial charge is 0.0477 e. The van der Waals surface area contributed by atoms with Crippen LogP contribution >= 0.6 is 0 Å². The number of aliphatic hydroxyl groups is 1. The Balaban J connectivity index is 1.89. The maximum atomic E-state index is 9.67. The maximum absolute atomic E-state index is 9.67. The molecule has 0 saturated carbocycles. The van der Waals surface area contributed by atoms with Gasteiger partial charge in [0.25, 0.3) is 0 Å². The van der Waals surface area contributed by atoms with E-state index in [1.54, 1.807) is 0 Å². The van der Waals surface area contributed by atoms with Gasteiger partial charge in [0, 0.05) is 50.7 Å². The van der Waals surface area contributed by atoms with Crippen molar-refractivity contribution in [3.05, 3.63) is 35.9 Å². The number of nitrogens with zero attached hydrogens (tertiary/aromatic N) is 2. The van der Waals surface area contributed by atoms with Gasteiger partial charge in [-0.05, 0) is 12.6 Å². The van der Waals surface area contributed by atoms with E-state index in [-0.39, 0.29) is 0 Å². The van der Waals surface area contributed by atoms with E-state index in [1.165, 1.54) is 5.56 Å². The fourth-order valence-electron chi connectivity index (χ4n) is 3.63. The zero-order valence-electron chi connectivity index (χ0n) is 11.0. The molecule has 3 atom stereocenters. The molecule has 0 unspecified atom stereocenters. The van der Waals surface area contributed by atoms with Gasteiger partial charge in [-0.15, -0.1) is 0 Å². The van der Waals surface area contributed by atoms with Crippen molar-refractivity contribution in [2.45, 2.75) is 12.0 Å². The molecule has 0 amide bonds. The number of aliphatic hydroxyl groups excluding tert-OH is 1. The molecule has 0 radical (unpaired) electrons. The van der Waals surface area contributed by atoms with Crippen LogP contribution in [0.4, 0.5) is 0 Å². The van der Waals surface area contributed by atoms with Crippen LogP contribution < -0.4 is 0 Å². The molecule has 3 nitrogen and oxygen atoms in total. The summed E-state index contributed by atoms with van der Waals surface area (Å²) in [7, 11) is 2.20. The Labute approximate surface area is 109 Å². The molecular weight excluding hydrogens is 224 g/mol. The van der Waals surface area contributed by atoms with Crippen LogP contribution in [0.3, 0.4) is 0 Å². The lowest BCUT2D eigenvalue weighted by Crippen LogP contribution is -2.49. The second-order valence-electron chi connectivity index (χ2n) is 5.70. The molecule has 0 spiro atoms. The molecule has 2 saturated heterocycles. The lowest BCUT2D eigenvalue weighted by atomic mass is 9.84. The third kappa shape index (κ3) is 2.07. The number of hydrogen-bond acceptors (Lipinski definition) is 3. The van der Waals surface area contributed by atoms with Crippen LogP contribution in [0.5, 0.6) is 0 Å². The lowest BCUT2D eigenvalue weighted by Gasteiger charge is -2.37. The van der Waals surface area contributed by atoms with E-state index in [0.717, 1.165) is 26.2 Å². The topological polar surface area (TPSA) is 26.7 Å². The molecule has 98 valence electrons. The van der Waals surface area contributed by atoms with Gasteiger partial charge in [-0.3, -0.25) is 4.90 Å². The Hall–Kier alpha value is -0.900. The highest BCUT2D eigenvalue weighted by atomic mass is 16.3. The normalized spacial score (nSPS) is 33.6. The van der Waals surface area contributed by atoms with Crippen LogP contribution in [0, 0.1) is 5.92 Å². The van der Waals surface area contributed by atoms with Crippen molar-refractivity contribution >= 4 is 0 Å². The summed E-state index contributed by atoms with van der Waals surface area (Å²) in [4.78, 5) is 4.98. The van der Waals surface area contributed by atoms with Crippen LogP contribution in [0.15, 0.2) is 30.3 Å². The first-order chi connectivity index (χ1) is 8.79. The standard InChI is InChI=1S/C15H22N2O/c1-16-7-8-17-9-13(11-18)15(14(17)10-16)12-5-3-2-4-6-12/h2-6,13-15,18H,7-11H2,1H3/t13-,14+,15-/m0/s1. The van der Waals surface area contributed by atoms with Gasteiger partial charge in [-0.1, -0.05) is 30.3 Å². The monoisotopic (exact) mass is 246 g/mol. The van der Waals surface area contributed by atoms with Gasteiger partial charge in [0.1, 0.15) is 0 Å².